The number of rotatable bonds is 0. The van der Waals surface area contributed by atoms with Gasteiger partial charge in [-0.05, 0) is 6.92 Å². The van der Waals surface area contributed by atoms with E-state index in [1.807, 2.05) is 6.92 Å². The van der Waals surface area contributed by atoms with Crippen molar-refractivity contribution in [3.8, 4) is 0 Å². The van der Waals surface area contributed by atoms with Gasteiger partial charge in [0.25, 0.3) is 0 Å². The molecule has 0 aromatic carbocycles. The molecule has 0 unspecified atom stereocenters. The number of hydrogen-bond donors (Lipinski definition) is 1. The summed E-state index contributed by atoms with van der Waals surface area (Å²) in [5, 5.41) is 3.51. The van der Waals surface area contributed by atoms with Crippen LogP contribution >= 0.6 is 0 Å². The molecular weight excluding hydrogens is 132 g/mol. The van der Waals surface area contributed by atoms with E-state index in [0.717, 1.165) is 5.69 Å². The van der Waals surface area contributed by atoms with Crippen LogP contribution in [0.2, 0.25) is 0 Å². The van der Waals surface area contributed by atoms with Crippen LogP contribution < -0.4 is 5.73 Å². The second-order valence-corrected chi connectivity index (χ2v) is 2.05. The average molecular weight is 138 g/mol. The highest BCUT2D eigenvalue weighted by Gasteiger charge is 2.06. The fraction of sp³-hybridized carbons (Fsp3) is 0.200. The molecule has 0 fully saturated rings. The first kappa shape index (κ1) is 5.28. The third kappa shape index (κ3) is 0.464. The summed E-state index contributed by atoms with van der Waals surface area (Å²) in [4.78, 5) is 3.98. The second kappa shape index (κ2) is 1.50. The lowest BCUT2D eigenvalue weighted by molar-refractivity contribution is 0.447. The molecule has 10 heavy (non-hydrogen) atoms. The summed E-state index contributed by atoms with van der Waals surface area (Å²) >= 11 is 0. The molecule has 2 rings (SSSR count). The Kier molecular flexibility index (Phi) is 0.791. The van der Waals surface area contributed by atoms with Gasteiger partial charge in [0.2, 0.25) is 0 Å². The number of fused-ring (bicyclic) bond motifs is 1. The normalized spacial score (nSPS) is 10.9. The predicted molar refractivity (Wildman–Crippen MR) is 34.4 cm³/mol. The Morgan fingerprint density at radius 1 is 1.70 bits per heavy atom. The molecule has 0 aliphatic rings. The first-order chi connectivity index (χ1) is 4.79. The van der Waals surface area contributed by atoms with Crippen LogP contribution in [0.4, 0.5) is 5.82 Å². The van der Waals surface area contributed by atoms with Crippen molar-refractivity contribution in [1.29, 1.82) is 0 Å². The zero-order valence-electron chi connectivity index (χ0n) is 5.40. The molecule has 0 saturated heterocycles. The minimum absolute atomic E-state index is 0.440. The molecular formula is C5H6N4O. The first-order valence-corrected chi connectivity index (χ1v) is 2.84. The number of aromatic nitrogens is 3. The number of hydrogen-bond acceptors (Lipinski definition) is 4. The molecule has 5 heteroatoms. The van der Waals surface area contributed by atoms with Gasteiger partial charge >= 0.3 is 5.84 Å². The standard InChI is InChI=1S/C5H6N4O/c1-3-4(6)9-2-7-10-5(9)8-3/h2H,6H2,1H3. The van der Waals surface area contributed by atoms with Crippen LogP contribution in [0, 0.1) is 6.92 Å². The zero-order chi connectivity index (χ0) is 7.14. The molecule has 2 heterocycles. The van der Waals surface area contributed by atoms with Crippen molar-refractivity contribution in [3.05, 3.63) is 12.0 Å². The van der Waals surface area contributed by atoms with Crippen molar-refractivity contribution in [2.75, 3.05) is 5.73 Å². The molecule has 0 saturated carbocycles. The van der Waals surface area contributed by atoms with Gasteiger partial charge in [0.1, 0.15) is 12.1 Å². The Labute approximate surface area is 56.4 Å². The minimum atomic E-state index is 0.440. The maximum absolute atomic E-state index is 5.58. The molecule has 0 radical (unpaired) electrons. The van der Waals surface area contributed by atoms with Gasteiger partial charge in [-0.1, -0.05) is 5.16 Å². The Bertz CT molecular complexity index is 360. The Balaban J connectivity index is 2.95. The monoisotopic (exact) mass is 138 g/mol. The van der Waals surface area contributed by atoms with Crippen LogP contribution in [0.1, 0.15) is 5.69 Å². The molecule has 52 valence electrons. The second-order valence-electron chi connectivity index (χ2n) is 2.05. The third-order valence-electron chi connectivity index (χ3n) is 1.40. The molecule has 0 spiro atoms. The first-order valence-electron chi connectivity index (χ1n) is 2.84. The van der Waals surface area contributed by atoms with E-state index in [-0.39, 0.29) is 0 Å². The zero-order valence-corrected chi connectivity index (χ0v) is 5.40. The highest BCUT2D eigenvalue weighted by Crippen LogP contribution is 2.11. The highest BCUT2D eigenvalue weighted by molar-refractivity contribution is 5.44. The van der Waals surface area contributed by atoms with Crippen LogP contribution in [0.3, 0.4) is 0 Å². The quantitative estimate of drug-likeness (QED) is 0.565. The van der Waals surface area contributed by atoms with E-state index in [1.165, 1.54) is 6.33 Å². The smallest absolute Gasteiger partial charge is 0.333 e. The van der Waals surface area contributed by atoms with E-state index in [1.54, 1.807) is 4.40 Å². The minimum Gasteiger partial charge on any atom is -0.383 e. The van der Waals surface area contributed by atoms with Crippen molar-refractivity contribution in [1.82, 2.24) is 14.5 Å². The van der Waals surface area contributed by atoms with Gasteiger partial charge in [-0.3, -0.25) is 0 Å². The van der Waals surface area contributed by atoms with E-state index < -0.39 is 0 Å². The Morgan fingerprint density at radius 3 is 3.20 bits per heavy atom. The van der Waals surface area contributed by atoms with E-state index >= 15 is 0 Å². The molecule has 0 atom stereocenters. The lowest BCUT2D eigenvalue weighted by Crippen LogP contribution is -1.90. The van der Waals surface area contributed by atoms with Crippen LogP contribution in [0.25, 0.3) is 5.84 Å². The summed E-state index contributed by atoms with van der Waals surface area (Å²) in [6.45, 7) is 1.82. The van der Waals surface area contributed by atoms with Crippen molar-refractivity contribution in [2.24, 2.45) is 0 Å². The maximum atomic E-state index is 5.58. The largest absolute Gasteiger partial charge is 0.383 e. The van der Waals surface area contributed by atoms with E-state index in [2.05, 4.69) is 10.1 Å². The number of aryl methyl sites for hydroxylation is 1. The fourth-order valence-corrected chi connectivity index (χ4v) is 0.826. The number of anilines is 1. The molecule has 0 bridgehead atoms. The Morgan fingerprint density at radius 2 is 2.50 bits per heavy atom. The SMILES string of the molecule is Cc1nc2oncn2c1N. The molecule has 0 aliphatic heterocycles. The van der Waals surface area contributed by atoms with Gasteiger partial charge in [0.05, 0.1) is 5.69 Å². The highest BCUT2D eigenvalue weighted by atomic mass is 16.5. The van der Waals surface area contributed by atoms with Crippen LogP contribution in [0.15, 0.2) is 10.9 Å². The molecule has 5 nitrogen and oxygen atoms in total. The number of imidazole rings is 1. The van der Waals surface area contributed by atoms with Gasteiger partial charge in [0, 0.05) is 0 Å². The maximum Gasteiger partial charge on any atom is 0.333 e. The van der Waals surface area contributed by atoms with E-state index in [9.17, 15) is 0 Å². The summed E-state index contributed by atoms with van der Waals surface area (Å²) < 4.78 is 6.33. The van der Waals surface area contributed by atoms with Gasteiger partial charge in [-0.25, -0.2) is 4.40 Å². The lowest BCUT2D eigenvalue weighted by atomic mass is 10.5. The van der Waals surface area contributed by atoms with Crippen molar-refractivity contribution in [3.63, 3.8) is 0 Å². The number of nitrogen functional groups attached to an aromatic ring is 1. The molecule has 0 aliphatic carbocycles. The van der Waals surface area contributed by atoms with Gasteiger partial charge in [-0.15, -0.1) is 0 Å². The average Bonchev–Trinajstić information content (AvgIpc) is 2.41. The van der Waals surface area contributed by atoms with Crippen LogP contribution in [-0.2, 0) is 0 Å². The lowest BCUT2D eigenvalue weighted by Gasteiger charge is -1.84. The number of nitrogens with zero attached hydrogens (tertiary/aromatic N) is 3. The summed E-state index contributed by atoms with van der Waals surface area (Å²) in [7, 11) is 0. The Hall–Kier alpha value is -1.52. The van der Waals surface area contributed by atoms with Crippen molar-refractivity contribution >= 4 is 11.7 Å². The van der Waals surface area contributed by atoms with E-state index in [4.69, 9.17) is 10.3 Å². The topological polar surface area (TPSA) is 69.3 Å². The fourth-order valence-electron chi connectivity index (χ4n) is 0.826. The van der Waals surface area contributed by atoms with Crippen LogP contribution in [0.5, 0.6) is 0 Å². The van der Waals surface area contributed by atoms with Crippen molar-refractivity contribution in [2.45, 2.75) is 6.92 Å². The molecule has 2 N–H and O–H groups in total. The predicted octanol–water partition coefficient (Wildman–Crippen LogP) is 0.213. The van der Waals surface area contributed by atoms with Gasteiger partial charge < -0.3 is 10.3 Å². The summed E-state index contributed by atoms with van der Waals surface area (Å²) in [5.41, 5.74) is 6.35. The van der Waals surface area contributed by atoms with Gasteiger partial charge in [-0.2, -0.15) is 4.98 Å². The summed E-state index contributed by atoms with van der Waals surface area (Å²) in [6.07, 6.45) is 1.49. The number of nitrogens with two attached hydrogens (primary N) is 1. The summed E-state index contributed by atoms with van der Waals surface area (Å²) in [5.74, 6) is 1.02. The third-order valence-corrected chi connectivity index (χ3v) is 1.40. The molecule has 2 aromatic heterocycles. The van der Waals surface area contributed by atoms with Crippen molar-refractivity contribution < 1.29 is 4.52 Å². The molecule has 0 amide bonds. The van der Waals surface area contributed by atoms with Crippen LogP contribution in [-0.4, -0.2) is 14.5 Å². The summed E-state index contributed by atoms with van der Waals surface area (Å²) in [6, 6.07) is 0. The van der Waals surface area contributed by atoms with Gasteiger partial charge in [0.15, 0.2) is 0 Å². The molecule has 2 aromatic rings. The van der Waals surface area contributed by atoms with E-state index in [0.29, 0.717) is 11.7 Å².